The van der Waals surface area contributed by atoms with Gasteiger partial charge in [0.15, 0.2) is 0 Å². The van der Waals surface area contributed by atoms with Crippen molar-refractivity contribution in [3.05, 3.63) is 112 Å². The van der Waals surface area contributed by atoms with Crippen molar-refractivity contribution in [2.45, 2.75) is 19.8 Å². The molecule has 2 heterocycles. The summed E-state index contributed by atoms with van der Waals surface area (Å²) >= 11 is 0. The van der Waals surface area contributed by atoms with Gasteiger partial charge >= 0.3 is 0 Å². The molecule has 5 heteroatoms. The summed E-state index contributed by atoms with van der Waals surface area (Å²) in [6, 6.07) is 24.6. The Hall–Kier alpha value is -3.73. The maximum atomic E-state index is 13.4. The predicted octanol–water partition coefficient (Wildman–Crippen LogP) is 4.08. The Labute approximate surface area is 168 Å². The third-order valence-electron chi connectivity index (χ3n) is 5.00. The number of carbonyl (C=O) groups is 1. The van der Waals surface area contributed by atoms with Gasteiger partial charge in [-0.15, -0.1) is 0 Å². The van der Waals surface area contributed by atoms with Crippen molar-refractivity contribution in [2.75, 3.05) is 5.32 Å². The topological polar surface area (TPSA) is 63.5 Å². The lowest BCUT2D eigenvalue weighted by Gasteiger charge is -2.18. The van der Waals surface area contributed by atoms with Crippen LogP contribution in [0.5, 0.6) is 0 Å². The fourth-order valence-corrected chi connectivity index (χ4v) is 3.57. The van der Waals surface area contributed by atoms with E-state index in [9.17, 15) is 9.59 Å². The summed E-state index contributed by atoms with van der Waals surface area (Å²) in [4.78, 5) is 31.0. The van der Waals surface area contributed by atoms with Gasteiger partial charge in [-0.25, -0.2) is 4.98 Å². The first kappa shape index (κ1) is 18.6. The minimum absolute atomic E-state index is 0.207. The fourth-order valence-electron chi connectivity index (χ4n) is 3.57. The Kier molecular flexibility index (Phi) is 4.96. The smallest absolute Gasteiger partial charge is 0.282 e. The molecule has 4 rings (SSSR count). The average Bonchev–Trinajstić information content (AvgIpc) is 2.73. The van der Waals surface area contributed by atoms with E-state index in [1.807, 2.05) is 79.7 Å². The van der Waals surface area contributed by atoms with Crippen LogP contribution in [0.2, 0.25) is 0 Å². The van der Waals surface area contributed by atoms with Gasteiger partial charge in [0.1, 0.15) is 11.3 Å². The molecule has 0 fully saturated rings. The minimum atomic E-state index is -0.534. The van der Waals surface area contributed by atoms with Gasteiger partial charge in [0.2, 0.25) is 5.91 Å². The number of nitrogens with zero attached hydrogens (tertiary/aromatic N) is 2. The molecule has 0 spiro atoms. The summed E-state index contributed by atoms with van der Waals surface area (Å²) in [5, 5.41) is 2.86. The number of hydrogen-bond acceptors (Lipinski definition) is 3. The number of pyridine rings is 1. The number of anilines is 1. The van der Waals surface area contributed by atoms with E-state index >= 15 is 0 Å². The van der Waals surface area contributed by atoms with E-state index in [1.165, 1.54) is 4.40 Å². The Balaban J connectivity index is 1.79. The van der Waals surface area contributed by atoms with Crippen molar-refractivity contribution in [3.63, 3.8) is 0 Å². The van der Waals surface area contributed by atoms with Crippen LogP contribution in [0.25, 0.3) is 5.65 Å². The molecule has 1 N–H and O–H groups in total. The summed E-state index contributed by atoms with van der Waals surface area (Å²) in [5.74, 6) is -0.799. The molecule has 144 valence electrons. The van der Waals surface area contributed by atoms with E-state index < -0.39 is 5.92 Å². The highest BCUT2D eigenvalue weighted by molar-refractivity contribution is 5.98. The molecule has 0 bridgehead atoms. The van der Waals surface area contributed by atoms with Crippen molar-refractivity contribution in [1.82, 2.24) is 9.38 Å². The zero-order valence-corrected chi connectivity index (χ0v) is 16.3. The number of hydrogen-bond donors (Lipinski definition) is 1. The standard InChI is InChI=1S/C24H21N3O2/c1-16-10-9-15-20-25-17(2)22(24(29)27(16)20)26-23(28)21(18-11-5-3-6-12-18)19-13-7-4-8-14-19/h3-15,21H,1-2H3,(H,26,28). The van der Waals surface area contributed by atoms with E-state index in [0.29, 0.717) is 11.3 Å². The van der Waals surface area contributed by atoms with E-state index in [0.717, 1.165) is 16.8 Å². The van der Waals surface area contributed by atoms with Gasteiger partial charge in [-0.2, -0.15) is 0 Å². The van der Waals surface area contributed by atoms with E-state index in [2.05, 4.69) is 10.3 Å². The first-order valence-corrected chi connectivity index (χ1v) is 9.46. The summed E-state index contributed by atoms with van der Waals surface area (Å²) in [5.41, 5.74) is 3.47. The normalized spacial score (nSPS) is 11.0. The number of rotatable bonds is 4. The fraction of sp³-hybridized carbons (Fsp3) is 0.125. The van der Waals surface area contributed by atoms with Crippen LogP contribution in [0, 0.1) is 13.8 Å². The molecule has 0 aliphatic heterocycles. The highest BCUT2D eigenvalue weighted by Gasteiger charge is 2.24. The molecular formula is C24H21N3O2. The van der Waals surface area contributed by atoms with Gasteiger partial charge < -0.3 is 5.32 Å². The molecular weight excluding hydrogens is 362 g/mol. The quantitative estimate of drug-likeness (QED) is 0.577. The van der Waals surface area contributed by atoms with Crippen LogP contribution in [0.15, 0.2) is 83.7 Å². The Morgan fingerprint density at radius 1 is 0.862 bits per heavy atom. The number of fused-ring (bicyclic) bond motifs is 1. The maximum absolute atomic E-state index is 13.4. The van der Waals surface area contributed by atoms with Gasteiger partial charge in [-0.05, 0) is 37.1 Å². The van der Waals surface area contributed by atoms with E-state index in [4.69, 9.17) is 0 Å². The van der Waals surface area contributed by atoms with Crippen LogP contribution < -0.4 is 10.9 Å². The van der Waals surface area contributed by atoms with Crippen molar-refractivity contribution < 1.29 is 4.79 Å². The molecule has 29 heavy (non-hydrogen) atoms. The third-order valence-corrected chi connectivity index (χ3v) is 5.00. The molecule has 0 aliphatic rings. The second kappa shape index (κ2) is 7.72. The predicted molar refractivity (Wildman–Crippen MR) is 114 cm³/mol. The molecule has 0 unspecified atom stereocenters. The number of aryl methyl sites for hydroxylation is 2. The van der Waals surface area contributed by atoms with Gasteiger partial charge in [0.05, 0.1) is 11.6 Å². The largest absolute Gasteiger partial charge is 0.319 e. The Bertz CT molecular complexity index is 1190. The van der Waals surface area contributed by atoms with Gasteiger partial charge in [0, 0.05) is 5.69 Å². The lowest BCUT2D eigenvalue weighted by molar-refractivity contribution is -0.116. The molecule has 0 saturated heterocycles. The van der Waals surface area contributed by atoms with Crippen LogP contribution in [-0.4, -0.2) is 15.3 Å². The summed E-state index contributed by atoms with van der Waals surface area (Å²) in [6.07, 6.45) is 0. The summed E-state index contributed by atoms with van der Waals surface area (Å²) < 4.78 is 1.52. The molecule has 0 aliphatic carbocycles. The van der Waals surface area contributed by atoms with Crippen molar-refractivity contribution in [2.24, 2.45) is 0 Å². The Morgan fingerprint density at radius 2 is 1.45 bits per heavy atom. The number of benzene rings is 2. The van der Waals surface area contributed by atoms with Crippen LogP contribution in [0.4, 0.5) is 5.69 Å². The van der Waals surface area contributed by atoms with Gasteiger partial charge in [-0.1, -0.05) is 66.7 Å². The summed E-state index contributed by atoms with van der Waals surface area (Å²) in [6.45, 7) is 3.58. The number of aromatic nitrogens is 2. The average molecular weight is 383 g/mol. The van der Waals surface area contributed by atoms with Crippen molar-refractivity contribution in [1.29, 1.82) is 0 Å². The molecule has 0 saturated carbocycles. The third kappa shape index (κ3) is 3.55. The lowest BCUT2D eigenvalue weighted by Crippen LogP contribution is -2.29. The number of amides is 1. The second-order valence-electron chi connectivity index (χ2n) is 6.98. The van der Waals surface area contributed by atoms with Crippen LogP contribution in [0.3, 0.4) is 0 Å². The van der Waals surface area contributed by atoms with E-state index in [-0.39, 0.29) is 17.2 Å². The zero-order valence-electron chi connectivity index (χ0n) is 16.3. The summed E-state index contributed by atoms with van der Waals surface area (Å²) in [7, 11) is 0. The molecule has 0 radical (unpaired) electrons. The van der Waals surface area contributed by atoms with Crippen molar-refractivity contribution in [3.8, 4) is 0 Å². The number of nitrogens with one attached hydrogen (secondary N) is 1. The SMILES string of the molecule is Cc1nc2cccc(C)n2c(=O)c1NC(=O)C(c1ccccc1)c1ccccc1. The van der Waals surface area contributed by atoms with Gasteiger partial charge in [-0.3, -0.25) is 14.0 Å². The second-order valence-corrected chi connectivity index (χ2v) is 6.98. The van der Waals surface area contributed by atoms with Gasteiger partial charge in [0.25, 0.3) is 5.56 Å². The molecule has 0 atom stereocenters. The molecule has 1 amide bonds. The molecule has 5 nitrogen and oxygen atoms in total. The highest BCUT2D eigenvalue weighted by atomic mass is 16.2. The lowest BCUT2D eigenvalue weighted by atomic mass is 9.90. The molecule has 4 aromatic rings. The first-order valence-electron chi connectivity index (χ1n) is 9.46. The molecule has 2 aromatic carbocycles. The highest BCUT2D eigenvalue weighted by Crippen LogP contribution is 2.26. The molecule has 2 aromatic heterocycles. The number of carbonyl (C=O) groups excluding carboxylic acids is 1. The Morgan fingerprint density at radius 3 is 2.03 bits per heavy atom. The first-order chi connectivity index (χ1) is 14.1. The maximum Gasteiger partial charge on any atom is 0.282 e. The van der Waals surface area contributed by atoms with Crippen LogP contribution in [0.1, 0.15) is 28.4 Å². The minimum Gasteiger partial charge on any atom is -0.319 e. The zero-order chi connectivity index (χ0) is 20.4. The van der Waals surface area contributed by atoms with Crippen molar-refractivity contribution >= 4 is 17.2 Å². The van der Waals surface area contributed by atoms with E-state index in [1.54, 1.807) is 13.0 Å². The monoisotopic (exact) mass is 383 g/mol. The van der Waals surface area contributed by atoms with Crippen LogP contribution >= 0.6 is 0 Å². The van der Waals surface area contributed by atoms with Crippen LogP contribution in [-0.2, 0) is 4.79 Å².